The summed E-state index contributed by atoms with van der Waals surface area (Å²) < 4.78 is 5.26. The van der Waals surface area contributed by atoms with Gasteiger partial charge in [0.15, 0.2) is 5.78 Å². The van der Waals surface area contributed by atoms with Gasteiger partial charge in [-0.15, -0.1) is 0 Å². The summed E-state index contributed by atoms with van der Waals surface area (Å²) in [6.45, 7) is 2.06. The lowest BCUT2D eigenvalue weighted by molar-refractivity contribution is -0.152. The summed E-state index contributed by atoms with van der Waals surface area (Å²) in [6.07, 6.45) is 3.60. The zero-order chi connectivity index (χ0) is 18.1. The molecule has 0 heterocycles. The summed E-state index contributed by atoms with van der Waals surface area (Å²) in [5, 5.41) is 0. The summed E-state index contributed by atoms with van der Waals surface area (Å²) in [5.41, 5.74) is 4.55. The molecule has 4 rings (SSSR count). The van der Waals surface area contributed by atoms with E-state index in [-0.39, 0.29) is 24.2 Å². The van der Waals surface area contributed by atoms with Crippen molar-refractivity contribution in [2.75, 3.05) is 6.61 Å². The molecule has 0 N–H and O–H groups in total. The van der Waals surface area contributed by atoms with E-state index in [1.165, 1.54) is 5.56 Å². The van der Waals surface area contributed by atoms with Crippen molar-refractivity contribution >= 4 is 17.3 Å². The molecular weight excluding hydrogens is 324 g/mol. The quantitative estimate of drug-likeness (QED) is 0.619. The normalized spacial score (nSPS) is 24.3. The van der Waals surface area contributed by atoms with Gasteiger partial charge in [-0.2, -0.15) is 0 Å². The maximum Gasteiger partial charge on any atom is 0.317 e. The van der Waals surface area contributed by atoms with E-state index in [1.807, 2.05) is 42.5 Å². The second-order valence-corrected chi connectivity index (χ2v) is 6.97. The molecule has 3 heteroatoms. The van der Waals surface area contributed by atoms with E-state index >= 15 is 0 Å². The highest BCUT2D eigenvalue weighted by molar-refractivity contribution is 6.11. The summed E-state index contributed by atoms with van der Waals surface area (Å²) in [7, 11) is 0. The van der Waals surface area contributed by atoms with E-state index < -0.39 is 11.9 Å². The Kier molecular flexibility index (Phi) is 4.46. The van der Waals surface area contributed by atoms with Crippen LogP contribution in [0.1, 0.15) is 36.0 Å². The molecule has 0 bridgehead atoms. The number of hydrogen-bond acceptors (Lipinski definition) is 3. The lowest BCUT2D eigenvalue weighted by Crippen LogP contribution is -2.39. The Balaban J connectivity index is 1.85. The van der Waals surface area contributed by atoms with Crippen LogP contribution in [0.15, 0.2) is 60.7 Å². The maximum atomic E-state index is 13.0. The average Bonchev–Trinajstić information content (AvgIpc) is 2.67. The van der Waals surface area contributed by atoms with Gasteiger partial charge in [0.1, 0.15) is 5.92 Å². The van der Waals surface area contributed by atoms with Crippen molar-refractivity contribution in [3.8, 4) is 0 Å². The van der Waals surface area contributed by atoms with Crippen LogP contribution in [0.2, 0.25) is 0 Å². The number of ketones is 1. The van der Waals surface area contributed by atoms with E-state index in [1.54, 1.807) is 13.0 Å². The number of ether oxygens (including phenoxy) is 1. The summed E-state index contributed by atoms with van der Waals surface area (Å²) in [6, 6.07) is 18.2. The summed E-state index contributed by atoms with van der Waals surface area (Å²) >= 11 is 0. The number of aryl methyl sites for hydroxylation is 1. The minimum atomic E-state index is -0.753. The predicted molar refractivity (Wildman–Crippen MR) is 101 cm³/mol. The molecular formula is C23H22O3. The smallest absolute Gasteiger partial charge is 0.317 e. The molecule has 3 atom stereocenters. The third kappa shape index (κ3) is 2.78. The first-order chi connectivity index (χ1) is 12.7. The molecule has 0 unspecified atom stereocenters. The van der Waals surface area contributed by atoms with Crippen LogP contribution in [-0.2, 0) is 20.7 Å². The molecule has 2 aliphatic carbocycles. The number of carbonyl (C=O) groups is 2. The molecule has 0 spiro atoms. The molecule has 3 nitrogen and oxygen atoms in total. The topological polar surface area (TPSA) is 43.4 Å². The second-order valence-electron chi connectivity index (χ2n) is 6.97. The van der Waals surface area contributed by atoms with E-state index in [4.69, 9.17) is 4.74 Å². The fourth-order valence-electron chi connectivity index (χ4n) is 4.49. The second kappa shape index (κ2) is 6.91. The molecule has 132 valence electrons. The highest BCUT2D eigenvalue weighted by Gasteiger charge is 2.46. The van der Waals surface area contributed by atoms with Gasteiger partial charge >= 0.3 is 5.97 Å². The zero-order valence-electron chi connectivity index (χ0n) is 14.9. The van der Waals surface area contributed by atoms with Crippen molar-refractivity contribution in [2.24, 2.45) is 11.8 Å². The molecule has 0 saturated heterocycles. The van der Waals surface area contributed by atoms with Gasteiger partial charge in [0, 0.05) is 5.92 Å². The number of hydrogen-bond donors (Lipinski definition) is 0. The first-order valence-corrected chi connectivity index (χ1v) is 9.26. The third-order valence-electron chi connectivity index (χ3n) is 5.57. The number of rotatable bonds is 3. The molecule has 2 aliphatic rings. The van der Waals surface area contributed by atoms with E-state index in [2.05, 4.69) is 12.1 Å². The Labute approximate surface area is 153 Å². The van der Waals surface area contributed by atoms with Crippen molar-refractivity contribution in [3.05, 3.63) is 77.4 Å². The summed E-state index contributed by atoms with van der Waals surface area (Å²) in [4.78, 5) is 25.6. The molecule has 0 radical (unpaired) electrons. The van der Waals surface area contributed by atoms with Crippen LogP contribution >= 0.6 is 0 Å². The monoisotopic (exact) mass is 346 g/mol. The van der Waals surface area contributed by atoms with Crippen molar-refractivity contribution in [1.29, 1.82) is 0 Å². The molecule has 0 amide bonds. The first-order valence-electron chi connectivity index (χ1n) is 9.26. The molecule has 0 fully saturated rings. The minimum Gasteiger partial charge on any atom is -0.465 e. The zero-order valence-corrected chi connectivity index (χ0v) is 14.9. The van der Waals surface area contributed by atoms with Crippen LogP contribution in [0.4, 0.5) is 0 Å². The van der Waals surface area contributed by atoms with Gasteiger partial charge in [-0.25, -0.2) is 0 Å². The van der Waals surface area contributed by atoms with Gasteiger partial charge in [-0.1, -0.05) is 54.6 Å². The minimum absolute atomic E-state index is 0.139. The Morgan fingerprint density at radius 3 is 2.58 bits per heavy atom. The number of esters is 1. The SMILES string of the molecule is CCOC(=O)[C@H]1C(=O)C=C2c3ccccc3CC[C@H]2[C@@H]1c1ccccc1. The van der Waals surface area contributed by atoms with Crippen molar-refractivity contribution in [1.82, 2.24) is 0 Å². The predicted octanol–water partition coefficient (Wildman–Crippen LogP) is 4.18. The van der Waals surface area contributed by atoms with Gasteiger partial charge in [0.05, 0.1) is 6.61 Å². The lowest BCUT2D eigenvalue weighted by atomic mass is 9.62. The van der Waals surface area contributed by atoms with Gasteiger partial charge in [0.2, 0.25) is 0 Å². The standard InChI is InChI=1S/C23H22O3/c1-2-26-23(25)22-20(24)14-19-17-11-7-6-8-15(17)12-13-18(19)21(22)16-9-4-3-5-10-16/h3-11,14,18,21-22H,2,12-13H2,1H3/t18-,21+,22+/m1/s1. The average molecular weight is 346 g/mol. The molecule has 2 aromatic rings. The van der Waals surface area contributed by atoms with Crippen molar-refractivity contribution in [2.45, 2.75) is 25.7 Å². The number of benzene rings is 2. The highest BCUT2D eigenvalue weighted by Crippen LogP contribution is 2.49. The van der Waals surface area contributed by atoms with E-state index in [9.17, 15) is 9.59 Å². The highest BCUT2D eigenvalue weighted by atomic mass is 16.5. The fraction of sp³-hybridized carbons (Fsp3) is 0.304. The van der Waals surface area contributed by atoms with Crippen LogP contribution < -0.4 is 0 Å². The molecule has 26 heavy (non-hydrogen) atoms. The molecule has 0 aliphatic heterocycles. The van der Waals surface area contributed by atoms with Crippen molar-refractivity contribution in [3.63, 3.8) is 0 Å². The lowest BCUT2D eigenvalue weighted by Gasteiger charge is -2.40. The van der Waals surface area contributed by atoms with E-state index in [0.29, 0.717) is 0 Å². The van der Waals surface area contributed by atoms with Gasteiger partial charge in [0.25, 0.3) is 0 Å². The molecule has 2 aromatic carbocycles. The van der Waals surface area contributed by atoms with Crippen LogP contribution in [0.25, 0.3) is 5.57 Å². The van der Waals surface area contributed by atoms with Crippen molar-refractivity contribution < 1.29 is 14.3 Å². The van der Waals surface area contributed by atoms with Gasteiger partial charge in [-0.05, 0) is 54.0 Å². The molecule has 0 aromatic heterocycles. The Hall–Kier alpha value is -2.68. The number of allylic oxidation sites excluding steroid dienone is 2. The van der Waals surface area contributed by atoms with Crippen LogP contribution in [0, 0.1) is 11.8 Å². The third-order valence-corrected chi connectivity index (χ3v) is 5.57. The van der Waals surface area contributed by atoms with Gasteiger partial charge in [-0.3, -0.25) is 9.59 Å². The number of fused-ring (bicyclic) bond motifs is 3. The Bertz CT molecular complexity index is 866. The van der Waals surface area contributed by atoms with E-state index in [0.717, 1.165) is 29.5 Å². The maximum absolute atomic E-state index is 13.0. The van der Waals surface area contributed by atoms with Crippen LogP contribution in [-0.4, -0.2) is 18.4 Å². The van der Waals surface area contributed by atoms with Crippen LogP contribution in [0.3, 0.4) is 0 Å². The Morgan fingerprint density at radius 1 is 1.08 bits per heavy atom. The van der Waals surface area contributed by atoms with Gasteiger partial charge < -0.3 is 4.74 Å². The Morgan fingerprint density at radius 2 is 1.81 bits per heavy atom. The first kappa shape index (κ1) is 16.8. The van der Waals surface area contributed by atoms with Crippen LogP contribution in [0.5, 0.6) is 0 Å². The number of carbonyl (C=O) groups excluding carboxylic acids is 2. The fourth-order valence-corrected chi connectivity index (χ4v) is 4.49. The molecule has 0 saturated carbocycles. The largest absolute Gasteiger partial charge is 0.465 e. The summed E-state index contributed by atoms with van der Waals surface area (Å²) in [5.74, 6) is -1.31.